The van der Waals surface area contributed by atoms with Crippen LogP contribution >= 0.6 is 0 Å². The summed E-state index contributed by atoms with van der Waals surface area (Å²) in [5.41, 5.74) is 0.781. The van der Waals surface area contributed by atoms with Gasteiger partial charge in [0.2, 0.25) is 15.9 Å². The summed E-state index contributed by atoms with van der Waals surface area (Å²) in [6.07, 6.45) is 2.53. The lowest BCUT2D eigenvalue weighted by molar-refractivity contribution is -0.134. The molecule has 0 unspecified atom stereocenters. The van der Waals surface area contributed by atoms with Crippen LogP contribution in [0.1, 0.15) is 37.2 Å². The van der Waals surface area contributed by atoms with Crippen LogP contribution in [0.2, 0.25) is 0 Å². The summed E-state index contributed by atoms with van der Waals surface area (Å²) >= 11 is 0. The van der Waals surface area contributed by atoms with Crippen LogP contribution in [0, 0.1) is 11.7 Å². The van der Waals surface area contributed by atoms with Crippen LogP contribution in [0.15, 0.2) is 53.4 Å². The molecule has 1 N–H and O–H groups in total. The Labute approximate surface area is 190 Å². The van der Waals surface area contributed by atoms with Crippen molar-refractivity contribution in [3.8, 4) is 5.75 Å². The zero-order valence-electron chi connectivity index (χ0n) is 17.8. The topological polar surface area (TPSA) is 75.7 Å². The second-order valence-electron chi connectivity index (χ2n) is 8.44. The molecule has 1 amide bonds. The lowest BCUT2D eigenvalue weighted by atomic mass is 9.88. The summed E-state index contributed by atoms with van der Waals surface area (Å²) in [5, 5.41) is 0. The lowest BCUT2D eigenvalue weighted by Crippen LogP contribution is -2.36. The number of likely N-dealkylation sites (tertiary alicyclic amines) is 1. The number of nitrogens with one attached hydrogen (secondary N) is 1. The van der Waals surface area contributed by atoms with E-state index in [1.54, 1.807) is 12.1 Å². The van der Waals surface area contributed by atoms with Crippen LogP contribution in [-0.4, -0.2) is 45.0 Å². The molecular weight excluding hydrogens is 457 g/mol. The normalized spacial score (nSPS) is 23.3. The van der Waals surface area contributed by atoms with Crippen LogP contribution in [0.4, 0.5) is 13.2 Å². The molecule has 1 aliphatic carbocycles. The van der Waals surface area contributed by atoms with Crippen molar-refractivity contribution in [2.75, 3.05) is 13.1 Å². The average Bonchev–Trinajstić information content (AvgIpc) is 3.44. The fraction of sp³-hybridized carbons (Fsp3) is 0.435. The minimum absolute atomic E-state index is 0.0177. The first-order valence-electron chi connectivity index (χ1n) is 10.8. The molecule has 3 atom stereocenters. The Morgan fingerprint density at radius 2 is 1.76 bits per heavy atom. The molecule has 4 rings (SSSR count). The third-order valence-electron chi connectivity index (χ3n) is 6.26. The van der Waals surface area contributed by atoms with Crippen molar-refractivity contribution in [1.82, 2.24) is 9.62 Å². The maximum absolute atomic E-state index is 13.4. The van der Waals surface area contributed by atoms with Gasteiger partial charge in [-0.3, -0.25) is 4.79 Å². The maximum atomic E-state index is 13.4. The van der Waals surface area contributed by atoms with Gasteiger partial charge in [-0.25, -0.2) is 17.5 Å². The monoisotopic (exact) mass is 482 g/mol. The zero-order chi connectivity index (χ0) is 23.6. The number of carbonyl (C=O) groups excluding carboxylic acids is 1. The Morgan fingerprint density at radius 3 is 2.42 bits per heavy atom. The van der Waals surface area contributed by atoms with Crippen molar-refractivity contribution in [3.63, 3.8) is 0 Å². The Kier molecular flexibility index (Phi) is 6.94. The predicted molar refractivity (Wildman–Crippen MR) is 115 cm³/mol. The lowest BCUT2D eigenvalue weighted by Gasteiger charge is -2.24. The summed E-state index contributed by atoms with van der Waals surface area (Å²) < 4.78 is 71.3. The molecule has 2 aromatic carbocycles. The first-order chi connectivity index (χ1) is 15.7. The quantitative estimate of drug-likeness (QED) is 0.650. The van der Waals surface area contributed by atoms with E-state index in [4.69, 9.17) is 0 Å². The van der Waals surface area contributed by atoms with Gasteiger partial charge >= 0.3 is 6.61 Å². The molecular formula is C23H25F3N2O4S. The van der Waals surface area contributed by atoms with Gasteiger partial charge in [0.1, 0.15) is 11.6 Å². The number of hydrogen-bond donors (Lipinski definition) is 1. The number of amides is 1. The number of rotatable bonds is 7. The summed E-state index contributed by atoms with van der Waals surface area (Å²) in [6.45, 7) is -1.71. The van der Waals surface area contributed by atoms with E-state index in [1.807, 2.05) is 4.90 Å². The average molecular weight is 483 g/mol. The molecule has 6 nitrogen and oxygen atoms in total. The molecule has 1 heterocycles. The number of carbonyl (C=O) groups is 1. The van der Waals surface area contributed by atoms with E-state index in [9.17, 15) is 26.4 Å². The minimum atomic E-state index is -4.04. The molecule has 0 radical (unpaired) electrons. The van der Waals surface area contributed by atoms with Gasteiger partial charge in [0.05, 0.1) is 4.90 Å². The largest absolute Gasteiger partial charge is 0.435 e. The molecule has 2 fully saturated rings. The molecule has 33 heavy (non-hydrogen) atoms. The number of ether oxygens (including phenoxy) is 1. The Bertz CT molecular complexity index is 1090. The highest BCUT2D eigenvalue weighted by molar-refractivity contribution is 7.89. The van der Waals surface area contributed by atoms with E-state index in [0.29, 0.717) is 25.9 Å². The van der Waals surface area contributed by atoms with Crippen LogP contribution < -0.4 is 9.46 Å². The molecule has 2 aliphatic rings. The van der Waals surface area contributed by atoms with Gasteiger partial charge < -0.3 is 9.64 Å². The van der Waals surface area contributed by atoms with E-state index in [-0.39, 0.29) is 28.3 Å². The van der Waals surface area contributed by atoms with E-state index in [2.05, 4.69) is 9.46 Å². The van der Waals surface area contributed by atoms with E-state index in [1.165, 1.54) is 30.3 Å². The SMILES string of the molecule is O=C([C@H]1C[C@@H](NS(=O)(=O)c2cccc(OC(F)F)c2)C[C@@H]1c1ccc(F)cc1)N1CCCC1. The molecule has 1 saturated carbocycles. The number of benzene rings is 2. The molecule has 1 saturated heterocycles. The molecule has 10 heteroatoms. The van der Waals surface area contributed by atoms with Crippen molar-refractivity contribution in [2.24, 2.45) is 5.92 Å². The van der Waals surface area contributed by atoms with Gasteiger partial charge in [-0.15, -0.1) is 0 Å². The number of sulfonamides is 1. The summed E-state index contributed by atoms with van der Waals surface area (Å²) in [7, 11) is -4.04. The molecule has 2 aromatic rings. The molecule has 0 bridgehead atoms. The Morgan fingerprint density at radius 1 is 1.06 bits per heavy atom. The van der Waals surface area contributed by atoms with Gasteiger partial charge in [0.25, 0.3) is 0 Å². The molecule has 0 spiro atoms. The highest BCUT2D eigenvalue weighted by Gasteiger charge is 2.43. The fourth-order valence-electron chi connectivity index (χ4n) is 4.76. The summed E-state index contributed by atoms with van der Waals surface area (Å²) in [6, 6.07) is 10.3. The smallest absolute Gasteiger partial charge is 0.387 e. The van der Waals surface area contributed by atoms with Gasteiger partial charge in [-0.2, -0.15) is 8.78 Å². The van der Waals surface area contributed by atoms with E-state index in [0.717, 1.165) is 24.5 Å². The molecule has 178 valence electrons. The van der Waals surface area contributed by atoms with Crippen molar-refractivity contribution in [2.45, 2.75) is 49.2 Å². The number of halogens is 3. The van der Waals surface area contributed by atoms with Crippen LogP contribution in [-0.2, 0) is 14.8 Å². The third-order valence-corrected chi connectivity index (χ3v) is 7.78. The predicted octanol–water partition coefficient (Wildman–Crippen LogP) is 3.89. The standard InChI is InChI=1S/C23H25F3N2O4S/c24-16-8-6-15(7-9-16)20-12-17(13-21(20)22(29)28-10-1-2-11-28)27-33(30,31)19-5-3-4-18(14-19)32-23(25)26/h3-9,14,17,20-21,23,27H,1-2,10-13H2/t17-,20+,21-/m0/s1. The van der Waals surface area contributed by atoms with Gasteiger partial charge in [0, 0.05) is 31.1 Å². The van der Waals surface area contributed by atoms with Crippen molar-refractivity contribution in [1.29, 1.82) is 0 Å². The van der Waals surface area contributed by atoms with Gasteiger partial charge in [0.15, 0.2) is 0 Å². The zero-order valence-corrected chi connectivity index (χ0v) is 18.6. The summed E-state index contributed by atoms with van der Waals surface area (Å²) in [4.78, 5) is 14.8. The maximum Gasteiger partial charge on any atom is 0.387 e. The minimum Gasteiger partial charge on any atom is -0.435 e. The molecule has 0 aromatic heterocycles. The Hall–Kier alpha value is -2.59. The number of hydrogen-bond acceptors (Lipinski definition) is 4. The van der Waals surface area contributed by atoms with Crippen molar-refractivity contribution >= 4 is 15.9 Å². The van der Waals surface area contributed by atoms with Gasteiger partial charge in [-0.05, 0) is 61.4 Å². The van der Waals surface area contributed by atoms with Crippen LogP contribution in [0.25, 0.3) is 0 Å². The highest BCUT2D eigenvalue weighted by atomic mass is 32.2. The second-order valence-corrected chi connectivity index (χ2v) is 10.2. The first-order valence-corrected chi connectivity index (χ1v) is 12.3. The van der Waals surface area contributed by atoms with E-state index >= 15 is 0 Å². The Balaban J connectivity index is 1.55. The number of nitrogens with zero attached hydrogens (tertiary/aromatic N) is 1. The van der Waals surface area contributed by atoms with E-state index < -0.39 is 28.6 Å². The van der Waals surface area contributed by atoms with Gasteiger partial charge in [-0.1, -0.05) is 18.2 Å². The third kappa shape index (κ3) is 5.50. The van der Waals surface area contributed by atoms with Crippen molar-refractivity contribution in [3.05, 3.63) is 59.9 Å². The first kappa shape index (κ1) is 23.6. The number of alkyl halides is 2. The van der Waals surface area contributed by atoms with Crippen molar-refractivity contribution < 1.29 is 31.1 Å². The highest BCUT2D eigenvalue weighted by Crippen LogP contribution is 2.42. The summed E-state index contributed by atoms with van der Waals surface area (Å²) in [5.74, 6) is -1.36. The van der Waals surface area contributed by atoms with Crippen LogP contribution in [0.3, 0.4) is 0 Å². The molecule has 1 aliphatic heterocycles. The van der Waals surface area contributed by atoms with Crippen LogP contribution in [0.5, 0.6) is 5.75 Å². The second kappa shape index (κ2) is 9.72. The fourth-order valence-corrected chi connectivity index (χ4v) is 6.06.